The molecule has 0 aromatic rings. The minimum Gasteiger partial charge on any atom is -0.353 e. The van der Waals surface area contributed by atoms with Crippen LogP contribution in [0.1, 0.15) is 39.5 Å². The average Bonchev–Trinajstić information content (AvgIpc) is 2.28. The first kappa shape index (κ1) is 12.7. The third kappa shape index (κ3) is 2.08. The van der Waals surface area contributed by atoms with E-state index in [0.717, 1.165) is 12.8 Å². The van der Waals surface area contributed by atoms with Crippen molar-refractivity contribution in [1.82, 2.24) is 0 Å². The molecular weight excluding hydrogens is 192 g/mol. The van der Waals surface area contributed by atoms with Crippen molar-refractivity contribution < 1.29 is 14.3 Å². The zero-order valence-electron chi connectivity index (χ0n) is 10.2. The van der Waals surface area contributed by atoms with E-state index in [2.05, 4.69) is 13.8 Å². The molecule has 2 atom stereocenters. The Morgan fingerprint density at radius 2 is 1.53 bits per heavy atom. The number of carbonyl (C=O) groups is 1. The van der Waals surface area contributed by atoms with Gasteiger partial charge in [-0.15, -0.1) is 0 Å². The van der Waals surface area contributed by atoms with E-state index in [1.165, 1.54) is 0 Å². The van der Waals surface area contributed by atoms with Crippen molar-refractivity contribution in [3.05, 3.63) is 0 Å². The fourth-order valence-electron chi connectivity index (χ4n) is 2.86. The van der Waals surface area contributed by atoms with Crippen molar-refractivity contribution in [2.24, 2.45) is 11.8 Å². The Morgan fingerprint density at radius 1 is 1.13 bits per heavy atom. The third-order valence-electron chi connectivity index (χ3n) is 3.71. The molecule has 0 radical (unpaired) electrons. The molecule has 1 fully saturated rings. The molecule has 1 aliphatic carbocycles. The standard InChI is InChI=1S/C12H22O3/c1-5-9-7-11(13)8-10(6-2)12(9,14-3)15-4/h9-10H,5-8H2,1-4H3. The second-order valence-corrected chi connectivity index (χ2v) is 4.29. The highest BCUT2D eigenvalue weighted by atomic mass is 16.7. The predicted octanol–water partition coefficient (Wildman–Crippen LogP) is 2.39. The van der Waals surface area contributed by atoms with Crippen LogP contribution in [0.2, 0.25) is 0 Å². The smallest absolute Gasteiger partial charge is 0.173 e. The highest BCUT2D eigenvalue weighted by Gasteiger charge is 2.49. The Labute approximate surface area is 92.1 Å². The molecule has 1 rings (SSSR count). The van der Waals surface area contributed by atoms with Crippen LogP contribution in [0.4, 0.5) is 0 Å². The number of ketones is 1. The molecule has 0 spiro atoms. The Morgan fingerprint density at radius 3 is 1.80 bits per heavy atom. The first-order chi connectivity index (χ1) is 7.14. The van der Waals surface area contributed by atoms with Crippen molar-refractivity contribution in [2.75, 3.05) is 14.2 Å². The summed E-state index contributed by atoms with van der Waals surface area (Å²) in [4.78, 5) is 11.6. The summed E-state index contributed by atoms with van der Waals surface area (Å²) in [5.41, 5.74) is 0. The van der Waals surface area contributed by atoms with Gasteiger partial charge in [-0.3, -0.25) is 4.79 Å². The largest absolute Gasteiger partial charge is 0.353 e. The van der Waals surface area contributed by atoms with Gasteiger partial charge in [0.05, 0.1) is 0 Å². The van der Waals surface area contributed by atoms with Gasteiger partial charge < -0.3 is 9.47 Å². The van der Waals surface area contributed by atoms with Crippen molar-refractivity contribution in [1.29, 1.82) is 0 Å². The lowest BCUT2D eigenvalue weighted by Crippen LogP contribution is -2.52. The maximum atomic E-state index is 11.6. The van der Waals surface area contributed by atoms with Crippen molar-refractivity contribution in [2.45, 2.75) is 45.3 Å². The van der Waals surface area contributed by atoms with Crippen LogP contribution in [-0.4, -0.2) is 25.8 Å². The number of hydrogen-bond acceptors (Lipinski definition) is 3. The highest BCUT2D eigenvalue weighted by molar-refractivity contribution is 5.80. The first-order valence-corrected chi connectivity index (χ1v) is 5.76. The fraction of sp³-hybridized carbons (Fsp3) is 0.917. The summed E-state index contributed by atoms with van der Waals surface area (Å²) in [6.07, 6.45) is 3.02. The molecule has 3 nitrogen and oxygen atoms in total. The van der Waals surface area contributed by atoms with E-state index in [-0.39, 0.29) is 11.8 Å². The van der Waals surface area contributed by atoms with Crippen molar-refractivity contribution in [3.8, 4) is 0 Å². The van der Waals surface area contributed by atoms with Crippen LogP contribution in [0.15, 0.2) is 0 Å². The second-order valence-electron chi connectivity index (χ2n) is 4.29. The molecule has 0 aliphatic heterocycles. The van der Waals surface area contributed by atoms with Crippen molar-refractivity contribution >= 4 is 5.78 Å². The monoisotopic (exact) mass is 214 g/mol. The fourth-order valence-corrected chi connectivity index (χ4v) is 2.86. The molecule has 0 amide bonds. The lowest BCUT2D eigenvalue weighted by Gasteiger charge is -2.46. The molecule has 1 saturated carbocycles. The lowest BCUT2D eigenvalue weighted by molar-refractivity contribution is -0.280. The minimum absolute atomic E-state index is 0.193. The van der Waals surface area contributed by atoms with Gasteiger partial charge in [0.1, 0.15) is 5.78 Å². The maximum Gasteiger partial charge on any atom is 0.173 e. The second kappa shape index (κ2) is 5.08. The first-order valence-electron chi connectivity index (χ1n) is 5.76. The molecule has 0 aromatic carbocycles. The number of hydrogen-bond donors (Lipinski definition) is 0. The summed E-state index contributed by atoms with van der Waals surface area (Å²) in [7, 11) is 3.37. The average molecular weight is 214 g/mol. The Balaban J connectivity index is 2.97. The topological polar surface area (TPSA) is 35.5 Å². The maximum absolute atomic E-state index is 11.6. The van der Waals surface area contributed by atoms with Crippen LogP contribution < -0.4 is 0 Å². The molecular formula is C12H22O3. The quantitative estimate of drug-likeness (QED) is 0.674. The van der Waals surface area contributed by atoms with E-state index in [1.54, 1.807) is 14.2 Å². The van der Waals surface area contributed by atoms with E-state index >= 15 is 0 Å². The van der Waals surface area contributed by atoms with Crippen LogP contribution in [0.5, 0.6) is 0 Å². The molecule has 3 heteroatoms. The molecule has 1 aliphatic rings. The number of carbonyl (C=O) groups excluding carboxylic acids is 1. The highest BCUT2D eigenvalue weighted by Crippen LogP contribution is 2.43. The molecule has 88 valence electrons. The van der Waals surface area contributed by atoms with Gasteiger partial charge >= 0.3 is 0 Å². The van der Waals surface area contributed by atoms with Gasteiger partial charge in [-0.2, -0.15) is 0 Å². The van der Waals surface area contributed by atoms with Crippen molar-refractivity contribution in [3.63, 3.8) is 0 Å². The van der Waals surface area contributed by atoms with Gasteiger partial charge in [0.25, 0.3) is 0 Å². The summed E-state index contributed by atoms with van der Waals surface area (Å²) in [6.45, 7) is 4.17. The van der Waals surface area contributed by atoms with Gasteiger partial charge in [0, 0.05) is 38.9 Å². The molecule has 0 saturated heterocycles. The zero-order valence-corrected chi connectivity index (χ0v) is 10.2. The van der Waals surface area contributed by atoms with E-state index in [9.17, 15) is 4.79 Å². The van der Waals surface area contributed by atoms with Gasteiger partial charge in [-0.05, 0) is 12.8 Å². The summed E-state index contributed by atoms with van der Waals surface area (Å²) < 4.78 is 11.2. The summed E-state index contributed by atoms with van der Waals surface area (Å²) >= 11 is 0. The molecule has 2 unspecified atom stereocenters. The van der Waals surface area contributed by atoms with E-state index in [1.807, 2.05) is 0 Å². The van der Waals surface area contributed by atoms with Crippen LogP contribution in [-0.2, 0) is 14.3 Å². The van der Waals surface area contributed by atoms with E-state index in [4.69, 9.17) is 9.47 Å². The van der Waals surface area contributed by atoms with Gasteiger partial charge in [-0.1, -0.05) is 13.8 Å². The Bertz CT molecular complexity index is 203. The SMILES string of the molecule is CCC1CC(=O)CC(CC)C1(OC)OC. The summed E-state index contributed by atoms with van der Waals surface area (Å²) in [6, 6.07) is 0. The van der Waals surface area contributed by atoms with Gasteiger partial charge in [0.15, 0.2) is 5.79 Å². The molecule has 0 N–H and O–H groups in total. The van der Waals surface area contributed by atoms with Gasteiger partial charge in [0.2, 0.25) is 0 Å². The van der Waals surface area contributed by atoms with Crippen LogP contribution in [0.3, 0.4) is 0 Å². The minimum atomic E-state index is -0.544. The summed E-state index contributed by atoms with van der Waals surface area (Å²) in [5.74, 6) is 0.188. The third-order valence-corrected chi connectivity index (χ3v) is 3.71. The molecule has 0 bridgehead atoms. The lowest BCUT2D eigenvalue weighted by atomic mass is 9.72. The van der Waals surface area contributed by atoms with E-state index in [0.29, 0.717) is 18.6 Å². The number of methoxy groups -OCH3 is 2. The molecule has 0 heterocycles. The van der Waals surface area contributed by atoms with Gasteiger partial charge in [-0.25, -0.2) is 0 Å². The number of Topliss-reactive ketones (excluding diaryl/α,β-unsaturated/α-hetero) is 1. The molecule has 15 heavy (non-hydrogen) atoms. The normalized spacial score (nSPS) is 30.5. The van der Waals surface area contributed by atoms with Crippen LogP contribution >= 0.6 is 0 Å². The number of rotatable bonds is 4. The van der Waals surface area contributed by atoms with Crippen LogP contribution in [0.25, 0.3) is 0 Å². The number of ether oxygens (including phenoxy) is 2. The Hall–Kier alpha value is -0.410. The van der Waals surface area contributed by atoms with E-state index < -0.39 is 5.79 Å². The molecule has 0 aromatic heterocycles. The van der Waals surface area contributed by atoms with Crippen LogP contribution in [0, 0.1) is 11.8 Å². The predicted molar refractivity (Wildman–Crippen MR) is 58.6 cm³/mol. The summed E-state index contributed by atoms with van der Waals surface area (Å²) in [5, 5.41) is 0. The zero-order chi connectivity index (χ0) is 11.5. The Kier molecular flexibility index (Phi) is 4.29.